The lowest BCUT2D eigenvalue weighted by molar-refractivity contribution is -0.120. The molecule has 1 unspecified atom stereocenters. The van der Waals surface area contributed by atoms with Crippen LogP contribution in [0.3, 0.4) is 0 Å². The highest BCUT2D eigenvalue weighted by Crippen LogP contribution is 2.23. The van der Waals surface area contributed by atoms with Gasteiger partial charge < -0.3 is 10.1 Å². The van der Waals surface area contributed by atoms with E-state index in [9.17, 15) is 9.18 Å². The number of rotatable bonds is 7. The lowest BCUT2D eigenvalue weighted by atomic mass is 9.88. The van der Waals surface area contributed by atoms with E-state index in [-0.39, 0.29) is 24.0 Å². The summed E-state index contributed by atoms with van der Waals surface area (Å²) in [6.07, 6.45) is 0.153. The first-order chi connectivity index (χ1) is 11.5. The Hall–Kier alpha value is -2.36. The van der Waals surface area contributed by atoms with Gasteiger partial charge in [0.1, 0.15) is 0 Å². The van der Waals surface area contributed by atoms with Gasteiger partial charge in [0.25, 0.3) is 0 Å². The molecule has 2 aromatic rings. The van der Waals surface area contributed by atoms with Crippen molar-refractivity contribution in [3.63, 3.8) is 0 Å². The fourth-order valence-corrected chi connectivity index (χ4v) is 2.73. The monoisotopic (exact) mass is 329 g/mol. The zero-order valence-corrected chi connectivity index (χ0v) is 14.4. The Kier molecular flexibility index (Phi) is 6.36. The van der Waals surface area contributed by atoms with Crippen LogP contribution in [-0.2, 0) is 11.2 Å². The predicted octanol–water partition coefficient (Wildman–Crippen LogP) is 3.93. The summed E-state index contributed by atoms with van der Waals surface area (Å²) in [5, 5.41) is 2.97. The van der Waals surface area contributed by atoms with Crippen LogP contribution in [-0.4, -0.2) is 19.6 Å². The lowest BCUT2D eigenvalue weighted by Crippen LogP contribution is -2.31. The first-order valence-corrected chi connectivity index (χ1v) is 8.15. The lowest BCUT2D eigenvalue weighted by Gasteiger charge is -2.22. The summed E-state index contributed by atoms with van der Waals surface area (Å²) in [5.41, 5.74) is 1.84. The number of hydrogen-bond donors (Lipinski definition) is 1. The van der Waals surface area contributed by atoms with Crippen molar-refractivity contribution in [3.8, 4) is 5.75 Å². The average molecular weight is 329 g/mol. The maximum Gasteiger partial charge on any atom is 0.224 e. The number of ether oxygens (including phenoxy) is 1. The second-order valence-electron chi connectivity index (χ2n) is 6.21. The van der Waals surface area contributed by atoms with Gasteiger partial charge in [-0.2, -0.15) is 0 Å². The Morgan fingerprint density at radius 2 is 1.88 bits per heavy atom. The zero-order chi connectivity index (χ0) is 17.5. The Balaban J connectivity index is 1.95. The number of amides is 1. The summed E-state index contributed by atoms with van der Waals surface area (Å²) in [4.78, 5) is 12.2. The molecule has 0 saturated carbocycles. The molecule has 1 amide bonds. The molecule has 0 aliphatic heterocycles. The van der Waals surface area contributed by atoms with Crippen LogP contribution in [0.1, 0.15) is 30.9 Å². The van der Waals surface area contributed by atoms with Crippen LogP contribution < -0.4 is 10.1 Å². The van der Waals surface area contributed by atoms with E-state index in [0.29, 0.717) is 18.0 Å². The fourth-order valence-electron chi connectivity index (χ4n) is 2.73. The van der Waals surface area contributed by atoms with E-state index in [1.807, 2.05) is 18.2 Å². The molecule has 2 aromatic carbocycles. The van der Waals surface area contributed by atoms with Gasteiger partial charge in [0, 0.05) is 12.5 Å². The minimum Gasteiger partial charge on any atom is -0.494 e. The third-order valence-corrected chi connectivity index (χ3v) is 4.13. The van der Waals surface area contributed by atoms with E-state index in [4.69, 9.17) is 4.74 Å². The van der Waals surface area contributed by atoms with Crippen LogP contribution in [0, 0.1) is 11.7 Å². The minimum atomic E-state index is -0.452. The largest absolute Gasteiger partial charge is 0.494 e. The average Bonchev–Trinajstić information content (AvgIpc) is 2.56. The van der Waals surface area contributed by atoms with Crippen LogP contribution in [0.5, 0.6) is 5.75 Å². The summed E-state index contributed by atoms with van der Waals surface area (Å²) in [7, 11) is 1.42. The molecule has 1 N–H and O–H groups in total. The summed E-state index contributed by atoms with van der Waals surface area (Å²) in [6.45, 7) is 4.85. The van der Waals surface area contributed by atoms with Crippen molar-refractivity contribution < 1.29 is 13.9 Å². The molecule has 0 aliphatic rings. The molecule has 0 heterocycles. The number of carbonyl (C=O) groups excluding carboxylic acids is 1. The third kappa shape index (κ3) is 4.82. The smallest absolute Gasteiger partial charge is 0.224 e. The number of methoxy groups -OCH3 is 1. The predicted molar refractivity (Wildman–Crippen MR) is 93.7 cm³/mol. The Morgan fingerprint density at radius 3 is 2.46 bits per heavy atom. The maximum absolute atomic E-state index is 13.7. The first kappa shape index (κ1) is 18.0. The van der Waals surface area contributed by atoms with E-state index in [1.165, 1.54) is 18.7 Å². The van der Waals surface area contributed by atoms with Gasteiger partial charge in [0.05, 0.1) is 13.5 Å². The van der Waals surface area contributed by atoms with Crippen molar-refractivity contribution in [2.75, 3.05) is 13.7 Å². The van der Waals surface area contributed by atoms with Crippen LogP contribution in [0.2, 0.25) is 0 Å². The molecule has 2 rings (SSSR count). The molecular formula is C20H24FNO2. The fraction of sp³-hybridized carbons (Fsp3) is 0.350. The molecule has 0 bridgehead atoms. The Labute approximate surface area is 142 Å². The van der Waals surface area contributed by atoms with Crippen molar-refractivity contribution in [2.24, 2.45) is 5.92 Å². The normalized spacial score (nSPS) is 12.0. The third-order valence-electron chi connectivity index (χ3n) is 4.13. The molecule has 24 heavy (non-hydrogen) atoms. The van der Waals surface area contributed by atoms with Gasteiger partial charge in [-0.25, -0.2) is 4.39 Å². The number of halogens is 1. The highest BCUT2D eigenvalue weighted by molar-refractivity contribution is 5.78. The van der Waals surface area contributed by atoms with Gasteiger partial charge >= 0.3 is 0 Å². The van der Waals surface area contributed by atoms with Gasteiger partial charge in [0.2, 0.25) is 5.91 Å². The van der Waals surface area contributed by atoms with Gasteiger partial charge in [-0.1, -0.05) is 50.2 Å². The highest BCUT2D eigenvalue weighted by Gasteiger charge is 2.17. The molecule has 0 fully saturated rings. The van der Waals surface area contributed by atoms with Crippen molar-refractivity contribution in [1.82, 2.24) is 5.32 Å². The Bertz CT molecular complexity index is 671. The topological polar surface area (TPSA) is 38.3 Å². The SMILES string of the molecule is COc1ccc(CC(=O)NCC(c2ccccc2)C(C)C)cc1F. The van der Waals surface area contributed by atoms with Crippen molar-refractivity contribution in [3.05, 3.63) is 65.5 Å². The molecule has 128 valence electrons. The molecule has 1 atom stereocenters. The summed E-state index contributed by atoms with van der Waals surface area (Å²) >= 11 is 0. The van der Waals surface area contributed by atoms with Crippen LogP contribution in [0.25, 0.3) is 0 Å². The summed E-state index contributed by atoms with van der Waals surface area (Å²) in [6, 6.07) is 14.7. The Morgan fingerprint density at radius 1 is 1.17 bits per heavy atom. The van der Waals surface area contributed by atoms with Crippen LogP contribution in [0.15, 0.2) is 48.5 Å². The molecule has 0 saturated heterocycles. The van der Waals surface area contributed by atoms with E-state index in [1.54, 1.807) is 12.1 Å². The number of hydrogen-bond acceptors (Lipinski definition) is 2. The number of carbonyl (C=O) groups is 1. The maximum atomic E-state index is 13.7. The van der Waals surface area contributed by atoms with E-state index >= 15 is 0 Å². The minimum absolute atomic E-state index is 0.110. The van der Waals surface area contributed by atoms with E-state index in [0.717, 1.165) is 0 Å². The van der Waals surface area contributed by atoms with Crippen LogP contribution in [0.4, 0.5) is 4.39 Å². The molecular weight excluding hydrogens is 305 g/mol. The van der Waals surface area contributed by atoms with Crippen molar-refractivity contribution in [2.45, 2.75) is 26.2 Å². The van der Waals surface area contributed by atoms with Crippen LogP contribution >= 0.6 is 0 Å². The second-order valence-corrected chi connectivity index (χ2v) is 6.21. The molecule has 0 spiro atoms. The zero-order valence-electron chi connectivity index (χ0n) is 14.4. The van der Waals surface area contributed by atoms with E-state index < -0.39 is 5.82 Å². The highest BCUT2D eigenvalue weighted by atomic mass is 19.1. The molecule has 0 radical (unpaired) electrons. The molecule has 0 aromatic heterocycles. The van der Waals surface area contributed by atoms with E-state index in [2.05, 4.69) is 31.3 Å². The van der Waals surface area contributed by atoms with Crippen molar-refractivity contribution in [1.29, 1.82) is 0 Å². The van der Waals surface area contributed by atoms with Gasteiger partial charge in [-0.3, -0.25) is 4.79 Å². The second kappa shape index (κ2) is 8.48. The molecule has 3 nitrogen and oxygen atoms in total. The summed E-state index contributed by atoms with van der Waals surface area (Å²) in [5.74, 6) is 0.283. The molecule has 0 aliphatic carbocycles. The van der Waals surface area contributed by atoms with Crippen molar-refractivity contribution >= 4 is 5.91 Å². The summed E-state index contributed by atoms with van der Waals surface area (Å²) < 4.78 is 18.6. The number of benzene rings is 2. The quantitative estimate of drug-likeness (QED) is 0.836. The standard InChI is InChI=1S/C20H24FNO2/c1-14(2)17(16-7-5-4-6-8-16)13-22-20(23)12-15-9-10-19(24-3)18(21)11-15/h4-11,14,17H,12-13H2,1-3H3,(H,22,23). The van der Waals surface area contributed by atoms with Gasteiger partial charge in [-0.15, -0.1) is 0 Å². The number of nitrogens with one attached hydrogen (secondary N) is 1. The van der Waals surface area contributed by atoms with Gasteiger partial charge in [-0.05, 0) is 29.2 Å². The molecule has 4 heteroatoms. The first-order valence-electron chi connectivity index (χ1n) is 8.15. The van der Waals surface area contributed by atoms with Gasteiger partial charge in [0.15, 0.2) is 11.6 Å².